The molecule has 3 N–H and O–H groups in total. The fourth-order valence-electron chi connectivity index (χ4n) is 7.08. The van der Waals surface area contributed by atoms with Crippen LogP contribution < -0.4 is 5.32 Å². The number of rotatable bonds is 43. The monoisotopic (exact) mass is 762 g/mol. The first-order chi connectivity index (χ1) is 26.5. The van der Waals surface area contributed by atoms with Crippen molar-refractivity contribution in [2.75, 3.05) is 13.2 Å². The number of aliphatic hydroxyl groups is 2. The topological polar surface area (TPSA) is 95.9 Å². The molecule has 54 heavy (non-hydrogen) atoms. The Kier molecular flexibility index (Phi) is 42.7. The molecular weight excluding hydrogens is 671 g/mol. The van der Waals surface area contributed by atoms with Gasteiger partial charge in [0.2, 0.25) is 5.91 Å². The van der Waals surface area contributed by atoms with E-state index in [0.29, 0.717) is 25.9 Å². The van der Waals surface area contributed by atoms with Gasteiger partial charge in [-0.3, -0.25) is 9.59 Å². The summed E-state index contributed by atoms with van der Waals surface area (Å²) >= 11 is 0. The normalized spacial score (nSPS) is 12.9. The summed E-state index contributed by atoms with van der Waals surface area (Å²) in [5, 5.41) is 23.0. The minimum atomic E-state index is -0.677. The summed E-state index contributed by atoms with van der Waals surface area (Å²) in [5.41, 5.74) is 0. The quantitative estimate of drug-likeness (QED) is 0.0327. The van der Waals surface area contributed by atoms with Gasteiger partial charge in [0.1, 0.15) is 0 Å². The summed E-state index contributed by atoms with van der Waals surface area (Å²) in [6.45, 7) is 4.85. The molecular formula is C48H91NO5. The molecule has 0 aromatic heterocycles. The van der Waals surface area contributed by atoms with Gasteiger partial charge in [0, 0.05) is 12.8 Å². The lowest BCUT2D eigenvalue weighted by Crippen LogP contribution is -2.45. The van der Waals surface area contributed by atoms with Crippen molar-refractivity contribution in [3.8, 4) is 0 Å². The minimum absolute atomic E-state index is 0.0271. The molecule has 0 fully saturated rings. The van der Waals surface area contributed by atoms with E-state index in [1.807, 2.05) is 0 Å². The number of hydrogen-bond donors (Lipinski definition) is 3. The van der Waals surface area contributed by atoms with Gasteiger partial charge in [0.05, 0.1) is 25.4 Å². The fraction of sp³-hybridized carbons (Fsp3) is 0.875. The van der Waals surface area contributed by atoms with Gasteiger partial charge in [-0.15, -0.1) is 0 Å². The molecule has 0 aliphatic heterocycles. The molecule has 0 aliphatic rings. The zero-order valence-electron chi connectivity index (χ0n) is 36.0. The third kappa shape index (κ3) is 40.0. The molecule has 0 aromatic rings. The van der Waals surface area contributed by atoms with Crippen molar-refractivity contribution < 1.29 is 24.5 Å². The van der Waals surface area contributed by atoms with Gasteiger partial charge in [-0.1, -0.05) is 199 Å². The molecule has 2 unspecified atom stereocenters. The van der Waals surface area contributed by atoms with Crippen LogP contribution in [0.2, 0.25) is 0 Å². The van der Waals surface area contributed by atoms with E-state index in [9.17, 15) is 19.8 Å². The molecule has 0 bridgehead atoms. The number of amides is 1. The average Bonchev–Trinajstić information content (AvgIpc) is 3.17. The highest BCUT2D eigenvalue weighted by atomic mass is 16.5. The molecule has 318 valence electrons. The van der Waals surface area contributed by atoms with Crippen molar-refractivity contribution in [2.45, 2.75) is 257 Å². The second kappa shape index (κ2) is 44.1. The molecule has 0 saturated heterocycles. The number of esters is 1. The first-order valence-electron chi connectivity index (χ1n) is 23.6. The van der Waals surface area contributed by atoms with Crippen LogP contribution in [-0.2, 0) is 14.3 Å². The highest BCUT2D eigenvalue weighted by molar-refractivity contribution is 5.76. The van der Waals surface area contributed by atoms with Crippen molar-refractivity contribution >= 4 is 11.9 Å². The maximum atomic E-state index is 12.4. The Morgan fingerprint density at radius 1 is 0.519 bits per heavy atom. The molecule has 0 radical (unpaired) electrons. The molecule has 0 spiro atoms. The Morgan fingerprint density at radius 2 is 0.926 bits per heavy atom. The van der Waals surface area contributed by atoms with Gasteiger partial charge < -0.3 is 20.3 Å². The lowest BCUT2D eigenvalue weighted by atomic mass is 10.0. The molecule has 6 nitrogen and oxygen atoms in total. The SMILES string of the molecule is CCCCCC/C=C\C/C=C\CCCCCCCCCC(=O)OCCCCCCCCCCCCC(=O)NC(CO)C(O)CCCCCCCCCCC. The van der Waals surface area contributed by atoms with Gasteiger partial charge in [-0.05, 0) is 57.8 Å². The molecule has 0 heterocycles. The Balaban J connectivity index is 3.46. The van der Waals surface area contributed by atoms with E-state index in [-0.39, 0.29) is 18.5 Å². The number of carbonyl (C=O) groups is 2. The second-order valence-electron chi connectivity index (χ2n) is 16.1. The zero-order chi connectivity index (χ0) is 39.4. The third-order valence-electron chi connectivity index (χ3n) is 10.8. The van der Waals surface area contributed by atoms with Crippen LogP contribution >= 0.6 is 0 Å². The number of nitrogens with one attached hydrogen (secondary N) is 1. The van der Waals surface area contributed by atoms with Gasteiger partial charge >= 0.3 is 5.97 Å². The molecule has 0 aromatic carbocycles. The number of hydrogen-bond acceptors (Lipinski definition) is 5. The summed E-state index contributed by atoms with van der Waals surface area (Å²) in [7, 11) is 0. The average molecular weight is 762 g/mol. The van der Waals surface area contributed by atoms with Crippen LogP contribution in [0.5, 0.6) is 0 Å². The van der Waals surface area contributed by atoms with E-state index in [1.165, 1.54) is 148 Å². The number of aliphatic hydroxyl groups excluding tert-OH is 2. The van der Waals surface area contributed by atoms with E-state index in [0.717, 1.165) is 64.2 Å². The predicted molar refractivity (Wildman–Crippen MR) is 232 cm³/mol. The van der Waals surface area contributed by atoms with Crippen LogP contribution in [0.1, 0.15) is 245 Å². The number of ether oxygens (including phenoxy) is 1. The van der Waals surface area contributed by atoms with Gasteiger partial charge in [-0.25, -0.2) is 0 Å². The lowest BCUT2D eigenvalue weighted by molar-refractivity contribution is -0.143. The first-order valence-corrected chi connectivity index (χ1v) is 23.6. The van der Waals surface area contributed by atoms with E-state index in [4.69, 9.17) is 4.74 Å². The fourth-order valence-corrected chi connectivity index (χ4v) is 7.08. The highest BCUT2D eigenvalue weighted by Gasteiger charge is 2.20. The van der Waals surface area contributed by atoms with Crippen molar-refractivity contribution in [3.05, 3.63) is 24.3 Å². The van der Waals surface area contributed by atoms with Crippen molar-refractivity contribution in [1.29, 1.82) is 0 Å². The van der Waals surface area contributed by atoms with Crippen LogP contribution in [0.4, 0.5) is 0 Å². The number of allylic oxidation sites excluding steroid dienone is 4. The largest absolute Gasteiger partial charge is 0.466 e. The smallest absolute Gasteiger partial charge is 0.305 e. The Labute approximate surface area is 335 Å². The minimum Gasteiger partial charge on any atom is -0.466 e. The number of carbonyl (C=O) groups excluding carboxylic acids is 2. The molecule has 0 aliphatic carbocycles. The summed E-state index contributed by atoms with van der Waals surface area (Å²) in [5.74, 6) is -0.0887. The standard InChI is InChI=1S/C48H91NO5/c1-3-5-7-9-11-13-14-15-16-17-18-19-20-21-26-30-34-38-42-48(53)54-43-39-35-31-27-23-22-25-29-33-37-41-47(52)49-45(44-50)46(51)40-36-32-28-24-12-10-8-6-4-2/h13-14,16-17,45-46,50-51H,3-12,15,18-44H2,1-2H3,(H,49,52)/b14-13-,17-16-. The maximum Gasteiger partial charge on any atom is 0.305 e. The summed E-state index contributed by atoms with van der Waals surface area (Å²) in [6, 6.07) is -0.556. The molecule has 0 saturated carbocycles. The van der Waals surface area contributed by atoms with Crippen LogP contribution in [0.25, 0.3) is 0 Å². The summed E-state index contributed by atoms with van der Waals surface area (Å²) in [4.78, 5) is 24.4. The predicted octanol–water partition coefficient (Wildman–Crippen LogP) is 13.6. The maximum absolute atomic E-state index is 12.4. The van der Waals surface area contributed by atoms with E-state index >= 15 is 0 Å². The van der Waals surface area contributed by atoms with Crippen molar-refractivity contribution in [1.82, 2.24) is 5.32 Å². The summed E-state index contributed by atoms with van der Waals surface area (Å²) in [6.07, 6.45) is 49.9. The van der Waals surface area contributed by atoms with Gasteiger partial charge in [0.15, 0.2) is 0 Å². The second-order valence-corrected chi connectivity index (χ2v) is 16.1. The van der Waals surface area contributed by atoms with Crippen LogP contribution in [0.3, 0.4) is 0 Å². The first kappa shape index (κ1) is 52.3. The summed E-state index contributed by atoms with van der Waals surface area (Å²) < 4.78 is 5.45. The highest BCUT2D eigenvalue weighted by Crippen LogP contribution is 2.15. The molecule has 2 atom stereocenters. The van der Waals surface area contributed by atoms with Crippen LogP contribution in [-0.4, -0.2) is 47.4 Å². The number of unbranched alkanes of at least 4 members (excludes halogenated alkanes) is 28. The van der Waals surface area contributed by atoms with Crippen LogP contribution in [0, 0.1) is 0 Å². The van der Waals surface area contributed by atoms with E-state index in [1.54, 1.807) is 0 Å². The molecule has 0 rings (SSSR count). The van der Waals surface area contributed by atoms with Gasteiger partial charge in [-0.2, -0.15) is 0 Å². The molecule has 6 heteroatoms. The van der Waals surface area contributed by atoms with E-state index in [2.05, 4.69) is 43.5 Å². The third-order valence-corrected chi connectivity index (χ3v) is 10.8. The van der Waals surface area contributed by atoms with Crippen molar-refractivity contribution in [2.24, 2.45) is 0 Å². The van der Waals surface area contributed by atoms with Crippen molar-refractivity contribution in [3.63, 3.8) is 0 Å². The molecule has 1 amide bonds. The van der Waals surface area contributed by atoms with Crippen LogP contribution in [0.15, 0.2) is 24.3 Å². The lowest BCUT2D eigenvalue weighted by Gasteiger charge is -2.22. The zero-order valence-corrected chi connectivity index (χ0v) is 36.0. The Morgan fingerprint density at radius 3 is 1.43 bits per heavy atom. The van der Waals surface area contributed by atoms with E-state index < -0.39 is 12.1 Å². The van der Waals surface area contributed by atoms with Gasteiger partial charge in [0.25, 0.3) is 0 Å². The Hall–Kier alpha value is -1.66. The Bertz CT molecular complexity index is 843.